The Kier molecular flexibility index (Phi) is 6.81. The minimum absolute atomic E-state index is 0.145. The molecule has 137 valence electrons. The minimum Gasteiger partial charge on any atom is -0.460 e. The number of piperazine rings is 1. The van der Waals surface area contributed by atoms with Crippen LogP contribution in [0.4, 0.5) is 0 Å². The standard InChI is InChI=1S/C22H27N2O2/c1-2-3-14-24-15-13-23-16-21(24)22(25)26-17-18-9-11-20(12-10-18)19-7-5-4-6-8-19/h4-12,21,23H,1-3,13-17H2. The molecule has 4 heteroatoms. The normalized spacial score (nSPS) is 17.8. The summed E-state index contributed by atoms with van der Waals surface area (Å²) >= 11 is 0. The van der Waals surface area contributed by atoms with E-state index < -0.39 is 0 Å². The first-order valence-electron chi connectivity index (χ1n) is 9.33. The Balaban J connectivity index is 1.55. The maximum Gasteiger partial charge on any atom is 0.325 e. The van der Waals surface area contributed by atoms with Gasteiger partial charge in [0.1, 0.15) is 12.6 Å². The smallest absolute Gasteiger partial charge is 0.325 e. The molecular formula is C22H27N2O2. The molecule has 2 aromatic carbocycles. The third-order valence-corrected chi connectivity index (χ3v) is 4.76. The summed E-state index contributed by atoms with van der Waals surface area (Å²) in [5.41, 5.74) is 3.35. The van der Waals surface area contributed by atoms with E-state index in [0.717, 1.165) is 43.6 Å². The molecule has 1 unspecified atom stereocenters. The highest BCUT2D eigenvalue weighted by Crippen LogP contribution is 2.19. The summed E-state index contributed by atoms with van der Waals surface area (Å²) in [6, 6.07) is 18.2. The summed E-state index contributed by atoms with van der Waals surface area (Å²) in [7, 11) is 0. The summed E-state index contributed by atoms with van der Waals surface area (Å²) in [5, 5.41) is 3.29. The van der Waals surface area contributed by atoms with Crippen LogP contribution in [0.15, 0.2) is 54.6 Å². The van der Waals surface area contributed by atoms with Crippen LogP contribution in [0.25, 0.3) is 11.1 Å². The minimum atomic E-state index is -0.195. The van der Waals surface area contributed by atoms with Gasteiger partial charge in [0.2, 0.25) is 0 Å². The van der Waals surface area contributed by atoms with Gasteiger partial charge in [-0.15, -0.1) is 0 Å². The van der Waals surface area contributed by atoms with E-state index >= 15 is 0 Å². The Labute approximate surface area is 156 Å². The van der Waals surface area contributed by atoms with E-state index in [1.807, 2.05) is 30.3 Å². The number of nitrogens with one attached hydrogen (secondary N) is 1. The number of carbonyl (C=O) groups excluding carboxylic acids is 1. The number of ether oxygens (including phenoxy) is 1. The number of nitrogens with zero attached hydrogens (tertiary/aromatic N) is 1. The van der Waals surface area contributed by atoms with Crippen LogP contribution in [0.1, 0.15) is 18.4 Å². The SMILES string of the molecule is [CH2]CCCN1CCNCC1C(=O)OCc1ccc(-c2ccccc2)cc1. The Hall–Kier alpha value is -2.17. The molecule has 1 saturated heterocycles. The van der Waals surface area contributed by atoms with Crippen LogP contribution in [-0.4, -0.2) is 43.1 Å². The van der Waals surface area contributed by atoms with E-state index in [2.05, 4.69) is 41.4 Å². The molecule has 0 bridgehead atoms. The lowest BCUT2D eigenvalue weighted by molar-refractivity contribution is -0.152. The summed E-state index contributed by atoms with van der Waals surface area (Å²) < 4.78 is 5.59. The molecule has 1 aliphatic heterocycles. The van der Waals surface area contributed by atoms with Crippen molar-refractivity contribution in [2.75, 3.05) is 26.2 Å². The predicted molar refractivity (Wildman–Crippen MR) is 104 cm³/mol. The van der Waals surface area contributed by atoms with Crippen LogP contribution >= 0.6 is 0 Å². The third kappa shape index (κ3) is 4.93. The number of hydrogen-bond acceptors (Lipinski definition) is 4. The second-order valence-corrected chi connectivity index (χ2v) is 6.63. The summed E-state index contributed by atoms with van der Waals surface area (Å²) in [6.07, 6.45) is 1.89. The van der Waals surface area contributed by atoms with Gasteiger partial charge in [-0.1, -0.05) is 67.9 Å². The average Bonchev–Trinajstić information content (AvgIpc) is 2.71. The number of rotatable bonds is 7. The van der Waals surface area contributed by atoms with Gasteiger partial charge in [-0.2, -0.15) is 0 Å². The van der Waals surface area contributed by atoms with Crippen molar-refractivity contribution in [2.24, 2.45) is 0 Å². The molecule has 26 heavy (non-hydrogen) atoms. The average molecular weight is 351 g/mol. The maximum absolute atomic E-state index is 12.5. The van der Waals surface area contributed by atoms with Gasteiger partial charge in [0.05, 0.1) is 0 Å². The van der Waals surface area contributed by atoms with Crippen LogP contribution in [0.3, 0.4) is 0 Å². The molecule has 3 rings (SSSR count). The number of esters is 1. The number of unbranched alkanes of at least 4 members (excludes halogenated alkanes) is 1. The number of carbonyl (C=O) groups is 1. The Morgan fingerprint density at radius 2 is 1.85 bits per heavy atom. The molecule has 0 aliphatic carbocycles. The van der Waals surface area contributed by atoms with E-state index in [0.29, 0.717) is 13.2 Å². The van der Waals surface area contributed by atoms with Gasteiger partial charge in [0, 0.05) is 19.6 Å². The molecule has 0 aromatic heterocycles. The van der Waals surface area contributed by atoms with Crippen molar-refractivity contribution in [3.63, 3.8) is 0 Å². The zero-order chi connectivity index (χ0) is 18.2. The highest BCUT2D eigenvalue weighted by Gasteiger charge is 2.29. The van der Waals surface area contributed by atoms with Crippen LogP contribution < -0.4 is 5.32 Å². The molecule has 1 radical (unpaired) electrons. The van der Waals surface area contributed by atoms with Gasteiger partial charge in [-0.25, -0.2) is 0 Å². The summed E-state index contributed by atoms with van der Waals surface area (Å²) in [4.78, 5) is 14.7. The molecule has 2 aromatic rings. The topological polar surface area (TPSA) is 41.6 Å². The fraction of sp³-hybridized carbons (Fsp3) is 0.364. The zero-order valence-electron chi connectivity index (χ0n) is 15.2. The van der Waals surface area contributed by atoms with Gasteiger partial charge < -0.3 is 10.1 Å². The van der Waals surface area contributed by atoms with E-state index in [9.17, 15) is 4.79 Å². The fourth-order valence-corrected chi connectivity index (χ4v) is 3.24. The van der Waals surface area contributed by atoms with Crippen LogP contribution in [0.5, 0.6) is 0 Å². The zero-order valence-corrected chi connectivity index (χ0v) is 15.2. The Bertz CT molecular complexity index is 685. The van der Waals surface area contributed by atoms with Crippen LogP contribution in [-0.2, 0) is 16.1 Å². The van der Waals surface area contributed by atoms with Crippen molar-refractivity contribution < 1.29 is 9.53 Å². The molecule has 0 amide bonds. The highest BCUT2D eigenvalue weighted by molar-refractivity contribution is 5.76. The predicted octanol–water partition coefficient (Wildman–Crippen LogP) is 3.28. The van der Waals surface area contributed by atoms with E-state index in [1.165, 1.54) is 5.56 Å². The van der Waals surface area contributed by atoms with Crippen molar-refractivity contribution >= 4 is 5.97 Å². The number of hydrogen-bond donors (Lipinski definition) is 1. The van der Waals surface area contributed by atoms with Crippen molar-refractivity contribution in [3.8, 4) is 11.1 Å². The molecule has 1 heterocycles. The van der Waals surface area contributed by atoms with E-state index in [-0.39, 0.29) is 12.0 Å². The van der Waals surface area contributed by atoms with Crippen LogP contribution in [0.2, 0.25) is 0 Å². The molecule has 1 aliphatic rings. The Morgan fingerprint density at radius 1 is 1.12 bits per heavy atom. The largest absolute Gasteiger partial charge is 0.460 e. The first kappa shape index (κ1) is 18.6. The summed E-state index contributed by atoms with van der Waals surface area (Å²) in [6.45, 7) is 7.55. The maximum atomic E-state index is 12.5. The van der Waals surface area contributed by atoms with Gasteiger partial charge >= 0.3 is 5.97 Å². The molecule has 1 fully saturated rings. The van der Waals surface area contributed by atoms with Gasteiger partial charge in [-0.05, 0) is 29.7 Å². The van der Waals surface area contributed by atoms with Crippen molar-refractivity contribution in [1.29, 1.82) is 0 Å². The van der Waals surface area contributed by atoms with E-state index in [4.69, 9.17) is 4.74 Å². The molecular weight excluding hydrogens is 324 g/mol. The van der Waals surface area contributed by atoms with Gasteiger partial charge in [0.15, 0.2) is 0 Å². The van der Waals surface area contributed by atoms with E-state index in [1.54, 1.807) is 0 Å². The second-order valence-electron chi connectivity index (χ2n) is 6.63. The lowest BCUT2D eigenvalue weighted by Gasteiger charge is -2.34. The third-order valence-electron chi connectivity index (χ3n) is 4.76. The van der Waals surface area contributed by atoms with Gasteiger partial charge in [0.25, 0.3) is 0 Å². The fourth-order valence-electron chi connectivity index (χ4n) is 3.24. The quantitative estimate of drug-likeness (QED) is 0.777. The van der Waals surface area contributed by atoms with Gasteiger partial charge in [-0.3, -0.25) is 9.69 Å². The second kappa shape index (κ2) is 9.51. The Morgan fingerprint density at radius 3 is 2.58 bits per heavy atom. The lowest BCUT2D eigenvalue weighted by atomic mass is 10.0. The molecule has 4 nitrogen and oxygen atoms in total. The monoisotopic (exact) mass is 351 g/mol. The lowest BCUT2D eigenvalue weighted by Crippen LogP contribution is -2.55. The molecule has 1 N–H and O–H groups in total. The molecule has 0 saturated carbocycles. The number of benzene rings is 2. The molecule has 1 atom stereocenters. The summed E-state index contributed by atoms with van der Waals surface area (Å²) in [5.74, 6) is -0.145. The first-order valence-corrected chi connectivity index (χ1v) is 9.33. The van der Waals surface area contributed by atoms with Crippen molar-refractivity contribution in [1.82, 2.24) is 10.2 Å². The first-order chi connectivity index (χ1) is 12.8. The van der Waals surface area contributed by atoms with Crippen molar-refractivity contribution in [2.45, 2.75) is 25.5 Å². The van der Waals surface area contributed by atoms with Crippen LogP contribution in [0, 0.1) is 6.92 Å². The highest BCUT2D eigenvalue weighted by atomic mass is 16.5. The molecule has 0 spiro atoms. The van der Waals surface area contributed by atoms with Crippen molar-refractivity contribution in [3.05, 3.63) is 67.1 Å².